The van der Waals surface area contributed by atoms with Crippen LogP contribution in [0.15, 0.2) is 30.5 Å². The minimum atomic E-state index is -0.564. The quantitative estimate of drug-likeness (QED) is 0.565. The van der Waals surface area contributed by atoms with Crippen molar-refractivity contribution in [1.29, 1.82) is 0 Å². The molecule has 1 aromatic carbocycles. The third-order valence-electron chi connectivity index (χ3n) is 3.87. The van der Waals surface area contributed by atoms with Crippen LogP contribution in [0.2, 0.25) is 15.1 Å². The smallest absolute Gasteiger partial charge is 0.356 e. The maximum atomic E-state index is 12.5. The van der Waals surface area contributed by atoms with Crippen molar-refractivity contribution in [3.8, 4) is 0 Å². The van der Waals surface area contributed by atoms with Crippen LogP contribution in [-0.2, 0) is 18.3 Å². The summed E-state index contributed by atoms with van der Waals surface area (Å²) in [7, 11) is 1.54. The molecule has 2 aromatic heterocycles. The first kappa shape index (κ1) is 21.2. The number of hydrogen-bond donors (Lipinski definition) is 1. The van der Waals surface area contributed by atoms with Crippen LogP contribution < -0.4 is 5.32 Å². The predicted molar refractivity (Wildman–Crippen MR) is 110 cm³/mol. The first-order chi connectivity index (χ1) is 13.8. The molecule has 1 amide bonds. The molecule has 3 rings (SSSR count). The fraction of sp³-hybridized carbons (Fsp3) is 0.222. The van der Waals surface area contributed by atoms with Crippen LogP contribution in [0.4, 0.5) is 5.82 Å². The van der Waals surface area contributed by atoms with E-state index in [2.05, 4.69) is 15.5 Å². The van der Waals surface area contributed by atoms with Gasteiger partial charge in [-0.15, -0.1) is 0 Å². The monoisotopic (exact) mass is 455 g/mol. The van der Waals surface area contributed by atoms with Crippen LogP contribution in [0.1, 0.15) is 33.5 Å². The number of aromatic nitrogens is 4. The van der Waals surface area contributed by atoms with E-state index in [0.717, 1.165) is 5.56 Å². The predicted octanol–water partition coefficient (Wildman–Crippen LogP) is 4.05. The lowest BCUT2D eigenvalue weighted by molar-refractivity contribution is 0.0513. The molecule has 0 saturated carbocycles. The van der Waals surface area contributed by atoms with Gasteiger partial charge in [0.2, 0.25) is 0 Å². The number of carbonyl (C=O) groups excluding carboxylic acids is 2. The van der Waals surface area contributed by atoms with Crippen molar-refractivity contribution in [3.63, 3.8) is 0 Å². The Kier molecular flexibility index (Phi) is 6.46. The highest BCUT2D eigenvalue weighted by molar-refractivity contribution is 6.42. The zero-order valence-corrected chi connectivity index (χ0v) is 17.7. The second-order valence-corrected chi connectivity index (χ2v) is 7.21. The Morgan fingerprint density at radius 3 is 2.55 bits per heavy atom. The molecule has 152 valence electrons. The molecule has 0 atom stereocenters. The molecular weight excluding hydrogens is 441 g/mol. The van der Waals surface area contributed by atoms with Crippen LogP contribution in [0, 0.1) is 0 Å². The summed E-state index contributed by atoms with van der Waals surface area (Å²) in [6.07, 6.45) is 1.57. The Labute approximate surface area is 181 Å². The van der Waals surface area contributed by atoms with E-state index in [1.54, 1.807) is 37.0 Å². The second kappa shape index (κ2) is 8.86. The van der Waals surface area contributed by atoms with Crippen LogP contribution in [0.3, 0.4) is 0 Å². The van der Waals surface area contributed by atoms with E-state index in [4.69, 9.17) is 39.5 Å². The average molecular weight is 457 g/mol. The maximum absolute atomic E-state index is 12.5. The van der Waals surface area contributed by atoms with Gasteiger partial charge in [0.15, 0.2) is 11.5 Å². The first-order valence-corrected chi connectivity index (χ1v) is 9.61. The standard InChI is InChI=1S/C18H16Cl3N5O3/c1-3-29-18(28)15-7-14(23-25(15)2)17(27)22-16-13(21)9-26(24-16)8-10-4-5-11(19)12(20)6-10/h4-7,9H,3,8H2,1-2H3,(H,22,24,27). The first-order valence-electron chi connectivity index (χ1n) is 8.48. The number of rotatable bonds is 6. The number of halogens is 3. The van der Waals surface area contributed by atoms with Gasteiger partial charge in [-0.1, -0.05) is 40.9 Å². The summed E-state index contributed by atoms with van der Waals surface area (Å²) in [6.45, 7) is 2.29. The topological polar surface area (TPSA) is 91.0 Å². The minimum absolute atomic E-state index is 0.0330. The van der Waals surface area contributed by atoms with Gasteiger partial charge in [0, 0.05) is 19.3 Å². The number of anilines is 1. The van der Waals surface area contributed by atoms with Crippen LogP contribution in [0.5, 0.6) is 0 Å². The van der Waals surface area contributed by atoms with E-state index >= 15 is 0 Å². The van der Waals surface area contributed by atoms with Crippen molar-refractivity contribution >= 4 is 52.5 Å². The van der Waals surface area contributed by atoms with Crippen molar-refractivity contribution in [2.24, 2.45) is 7.05 Å². The summed E-state index contributed by atoms with van der Waals surface area (Å²) in [5.74, 6) is -0.955. The maximum Gasteiger partial charge on any atom is 0.356 e. The highest BCUT2D eigenvalue weighted by Gasteiger charge is 2.20. The molecule has 0 radical (unpaired) electrons. The van der Waals surface area contributed by atoms with Crippen molar-refractivity contribution in [2.45, 2.75) is 13.5 Å². The molecule has 0 aliphatic heterocycles. The van der Waals surface area contributed by atoms with Gasteiger partial charge < -0.3 is 10.1 Å². The van der Waals surface area contributed by atoms with E-state index in [-0.39, 0.29) is 28.8 Å². The van der Waals surface area contributed by atoms with Gasteiger partial charge in [-0.25, -0.2) is 4.79 Å². The Bertz CT molecular complexity index is 1080. The number of esters is 1. The molecule has 0 spiro atoms. The fourth-order valence-electron chi connectivity index (χ4n) is 2.53. The SMILES string of the molecule is CCOC(=O)c1cc(C(=O)Nc2nn(Cc3ccc(Cl)c(Cl)c3)cc2Cl)nn1C. The van der Waals surface area contributed by atoms with E-state index < -0.39 is 11.9 Å². The lowest BCUT2D eigenvalue weighted by atomic mass is 10.2. The van der Waals surface area contributed by atoms with E-state index in [9.17, 15) is 9.59 Å². The fourth-order valence-corrected chi connectivity index (χ4v) is 3.05. The number of hydrogen-bond acceptors (Lipinski definition) is 5. The van der Waals surface area contributed by atoms with Crippen LogP contribution in [0.25, 0.3) is 0 Å². The number of ether oxygens (including phenoxy) is 1. The van der Waals surface area contributed by atoms with E-state index in [1.165, 1.54) is 10.7 Å². The number of nitrogens with one attached hydrogen (secondary N) is 1. The lowest BCUT2D eigenvalue weighted by Gasteiger charge is -2.04. The van der Waals surface area contributed by atoms with Crippen LogP contribution >= 0.6 is 34.8 Å². The van der Waals surface area contributed by atoms with Gasteiger partial charge in [-0.2, -0.15) is 10.2 Å². The molecule has 11 heteroatoms. The summed E-state index contributed by atoms with van der Waals surface area (Å²) < 4.78 is 7.76. The van der Waals surface area contributed by atoms with Gasteiger partial charge in [0.05, 0.1) is 23.2 Å². The van der Waals surface area contributed by atoms with Gasteiger partial charge in [0.25, 0.3) is 5.91 Å². The highest BCUT2D eigenvalue weighted by atomic mass is 35.5. The zero-order valence-electron chi connectivity index (χ0n) is 15.4. The zero-order chi connectivity index (χ0) is 21.1. The molecule has 3 aromatic rings. The van der Waals surface area contributed by atoms with Crippen LogP contribution in [-0.4, -0.2) is 38.0 Å². The summed E-state index contributed by atoms with van der Waals surface area (Å²) in [6, 6.07) is 6.57. The summed E-state index contributed by atoms with van der Waals surface area (Å²) in [5, 5.41) is 12.0. The summed E-state index contributed by atoms with van der Waals surface area (Å²) in [5.41, 5.74) is 1.05. The normalized spacial score (nSPS) is 10.8. The summed E-state index contributed by atoms with van der Waals surface area (Å²) in [4.78, 5) is 24.3. The van der Waals surface area contributed by atoms with Crippen molar-refractivity contribution < 1.29 is 14.3 Å². The van der Waals surface area contributed by atoms with Crippen molar-refractivity contribution in [2.75, 3.05) is 11.9 Å². The Balaban J connectivity index is 1.73. The van der Waals surface area contributed by atoms with E-state index in [1.807, 2.05) is 6.07 Å². The number of aryl methyl sites for hydroxylation is 1. The lowest BCUT2D eigenvalue weighted by Crippen LogP contribution is -2.14. The van der Waals surface area contributed by atoms with Gasteiger partial charge in [-0.3, -0.25) is 14.2 Å². The number of benzene rings is 1. The van der Waals surface area contributed by atoms with E-state index in [0.29, 0.717) is 16.6 Å². The molecule has 0 aliphatic rings. The van der Waals surface area contributed by atoms with Crippen molar-refractivity contribution in [3.05, 3.63) is 62.5 Å². The Morgan fingerprint density at radius 1 is 1.10 bits per heavy atom. The Morgan fingerprint density at radius 2 is 1.86 bits per heavy atom. The number of nitrogens with zero attached hydrogens (tertiary/aromatic N) is 4. The average Bonchev–Trinajstić information content (AvgIpc) is 3.21. The third kappa shape index (κ3) is 4.90. The molecule has 0 fully saturated rings. The molecular formula is C18H16Cl3N5O3. The molecule has 0 bridgehead atoms. The van der Waals surface area contributed by atoms with Gasteiger partial charge in [-0.05, 0) is 24.6 Å². The highest BCUT2D eigenvalue weighted by Crippen LogP contribution is 2.24. The molecule has 0 aliphatic carbocycles. The Hall–Kier alpha value is -2.55. The molecule has 8 nitrogen and oxygen atoms in total. The molecule has 2 heterocycles. The molecule has 0 unspecified atom stereocenters. The minimum Gasteiger partial charge on any atom is -0.461 e. The number of carbonyl (C=O) groups is 2. The molecule has 29 heavy (non-hydrogen) atoms. The largest absolute Gasteiger partial charge is 0.461 e. The molecule has 0 saturated heterocycles. The van der Waals surface area contributed by atoms with Crippen molar-refractivity contribution in [1.82, 2.24) is 19.6 Å². The summed E-state index contributed by atoms with van der Waals surface area (Å²) >= 11 is 18.1. The third-order valence-corrected chi connectivity index (χ3v) is 4.89. The second-order valence-electron chi connectivity index (χ2n) is 5.98. The molecule has 1 N–H and O–H groups in total. The van der Waals surface area contributed by atoms with Gasteiger partial charge in [0.1, 0.15) is 10.7 Å². The number of amides is 1. The van der Waals surface area contributed by atoms with Gasteiger partial charge >= 0.3 is 5.97 Å².